The predicted molar refractivity (Wildman–Crippen MR) is 88.6 cm³/mol. The van der Waals surface area contributed by atoms with Crippen LogP contribution in [0.5, 0.6) is 11.5 Å². The molecule has 0 saturated carbocycles. The van der Waals surface area contributed by atoms with E-state index in [1.165, 1.54) is 24.3 Å². The number of rotatable bonds is 5. The van der Waals surface area contributed by atoms with Gasteiger partial charge in [-0.3, -0.25) is 9.78 Å². The number of carboxylic acids is 1. The van der Waals surface area contributed by atoms with Crippen molar-refractivity contribution < 1.29 is 24.2 Å². The van der Waals surface area contributed by atoms with Crippen LogP contribution in [0.4, 0.5) is 0 Å². The van der Waals surface area contributed by atoms with E-state index in [-0.39, 0.29) is 24.8 Å². The van der Waals surface area contributed by atoms with E-state index in [1.807, 2.05) is 18.2 Å². The summed E-state index contributed by atoms with van der Waals surface area (Å²) in [5, 5.41) is 9.35. The van der Waals surface area contributed by atoms with E-state index in [9.17, 15) is 14.7 Å². The number of ether oxygens (including phenoxy) is 2. The lowest BCUT2D eigenvalue weighted by Gasteiger charge is -2.20. The molecule has 1 N–H and O–H groups in total. The van der Waals surface area contributed by atoms with Gasteiger partial charge in [0.15, 0.2) is 0 Å². The Morgan fingerprint density at radius 3 is 2.64 bits per heavy atom. The topological polar surface area (TPSA) is 89.0 Å². The molecule has 0 bridgehead atoms. The Morgan fingerprint density at radius 1 is 1.20 bits per heavy atom. The molecule has 1 aromatic heterocycles. The molecule has 0 spiro atoms. The molecule has 1 aromatic carbocycles. The monoisotopic (exact) mass is 342 g/mol. The van der Waals surface area contributed by atoms with Crippen molar-refractivity contribution in [3.05, 3.63) is 54.4 Å². The van der Waals surface area contributed by atoms with Gasteiger partial charge in [0.05, 0.1) is 6.10 Å². The van der Waals surface area contributed by atoms with E-state index in [0.29, 0.717) is 11.5 Å². The highest BCUT2D eigenvalue weighted by molar-refractivity contribution is 5.95. The Morgan fingerprint density at radius 2 is 1.96 bits per heavy atom. The van der Waals surface area contributed by atoms with Crippen molar-refractivity contribution >= 4 is 11.9 Å². The molecule has 1 aliphatic rings. The first-order chi connectivity index (χ1) is 12.1. The molecule has 25 heavy (non-hydrogen) atoms. The van der Waals surface area contributed by atoms with Crippen LogP contribution in [0.3, 0.4) is 0 Å². The van der Waals surface area contributed by atoms with Crippen LogP contribution in [0.15, 0.2) is 48.7 Å². The fraction of sp³-hybridized carbons (Fsp3) is 0.278. The number of pyridine rings is 1. The lowest BCUT2D eigenvalue weighted by molar-refractivity contribution is -0.141. The third-order valence-electron chi connectivity index (χ3n) is 4.07. The van der Waals surface area contributed by atoms with Gasteiger partial charge in [0.2, 0.25) is 0 Å². The molecule has 7 heteroatoms. The summed E-state index contributed by atoms with van der Waals surface area (Å²) in [6.07, 6.45) is 1.43. The van der Waals surface area contributed by atoms with Gasteiger partial charge < -0.3 is 19.5 Å². The smallest absolute Gasteiger partial charge is 0.326 e. The number of aromatic nitrogens is 1. The van der Waals surface area contributed by atoms with Gasteiger partial charge in [-0.25, -0.2) is 4.79 Å². The maximum Gasteiger partial charge on any atom is 0.326 e. The maximum absolute atomic E-state index is 12.7. The van der Waals surface area contributed by atoms with E-state index in [2.05, 4.69) is 4.98 Å². The zero-order valence-corrected chi connectivity index (χ0v) is 13.7. The molecule has 1 amide bonds. The van der Waals surface area contributed by atoms with Crippen LogP contribution in [0.1, 0.15) is 16.9 Å². The van der Waals surface area contributed by atoms with Crippen molar-refractivity contribution in [2.24, 2.45) is 0 Å². The van der Waals surface area contributed by atoms with E-state index in [1.54, 1.807) is 18.2 Å². The van der Waals surface area contributed by atoms with E-state index in [4.69, 9.17) is 9.47 Å². The molecule has 0 radical (unpaired) electrons. The Hall–Kier alpha value is -2.93. The number of amides is 1. The lowest BCUT2D eigenvalue weighted by atomic mass is 10.2. The van der Waals surface area contributed by atoms with Crippen molar-refractivity contribution in [3.63, 3.8) is 0 Å². The average Bonchev–Trinajstić information content (AvgIpc) is 3.07. The first kappa shape index (κ1) is 16.9. The molecule has 130 valence electrons. The third kappa shape index (κ3) is 3.77. The largest absolute Gasteiger partial charge is 0.480 e. The van der Waals surface area contributed by atoms with Crippen LogP contribution < -0.4 is 4.74 Å². The number of carbonyl (C=O) groups excluding carboxylic acids is 1. The number of para-hydroxylation sites is 1. The summed E-state index contributed by atoms with van der Waals surface area (Å²) < 4.78 is 10.9. The van der Waals surface area contributed by atoms with Crippen molar-refractivity contribution in [2.45, 2.75) is 18.6 Å². The Balaban J connectivity index is 1.80. The van der Waals surface area contributed by atoms with E-state index >= 15 is 0 Å². The maximum atomic E-state index is 12.7. The van der Waals surface area contributed by atoms with Gasteiger partial charge in [-0.05, 0) is 18.2 Å². The van der Waals surface area contributed by atoms with E-state index < -0.39 is 17.9 Å². The van der Waals surface area contributed by atoms with Crippen LogP contribution in [0, 0.1) is 0 Å². The van der Waals surface area contributed by atoms with Gasteiger partial charge >= 0.3 is 5.97 Å². The molecule has 2 atom stereocenters. The van der Waals surface area contributed by atoms with Crippen molar-refractivity contribution in [1.82, 2.24) is 9.88 Å². The summed E-state index contributed by atoms with van der Waals surface area (Å²) in [5.41, 5.74) is 0.136. The summed E-state index contributed by atoms with van der Waals surface area (Å²) in [4.78, 5) is 29.5. The standard InChI is InChI=1S/C18H18N2O5/c1-24-14-10-16(18(22)23)20(11-14)17(21)15-9-13(7-8-19-15)25-12-5-3-2-4-6-12/h2-9,14,16H,10-11H2,1H3,(H,22,23). The number of likely N-dealkylation sites (tertiary alicyclic amines) is 1. The normalized spacial score (nSPS) is 19.6. The minimum absolute atomic E-state index is 0.136. The molecule has 0 aliphatic carbocycles. The van der Waals surface area contributed by atoms with Gasteiger partial charge in [0.1, 0.15) is 23.2 Å². The first-order valence-corrected chi connectivity index (χ1v) is 7.84. The molecule has 7 nitrogen and oxygen atoms in total. The summed E-state index contributed by atoms with van der Waals surface area (Å²) in [6, 6.07) is 11.4. The van der Waals surface area contributed by atoms with Gasteiger partial charge in [-0.2, -0.15) is 0 Å². The fourth-order valence-corrected chi connectivity index (χ4v) is 2.79. The van der Waals surface area contributed by atoms with E-state index in [0.717, 1.165) is 0 Å². The number of nitrogens with zero attached hydrogens (tertiary/aromatic N) is 2. The van der Waals surface area contributed by atoms with Gasteiger partial charge in [0.25, 0.3) is 5.91 Å². The predicted octanol–water partition coefficient (Wildman–Crippen LogP) is 2.19. The van der Waals surface area contributed by atoms with Crippen LogP contribution in [0.25, 0.3) is 0 Å². The quantitative estimate of drug-likeness (QED) is 0.896. The second-order valence-corrected chi connectivity index (χ2v) is 5.70. The minimum atomic E-state index is -1.05. The summed E-state index contributed by atoms with van der Waals surface area (Å²) >= 11 is 0. The van der Waals surface area contributed by atoms with Crippen LogP contribution in [-0.4, -0.2) is 52.7 Å². The number of methoxy groups -OCH3 is 1. The van der Waals surface area contributed by atoms with Gasteiger partial charge in [-0.1, -0.05) is 18.2 Å². The number of hydrogen-bond acceptors (Lipinski definition) is 5. The van der Waals surface area contributed by atoms with Crippen LogP contribution in [-0.2, 0) is 9.53 Å². The number of carboxylic acid groups (broad SMARTS) is 1. The molecule has 2 aromatic rings. The van der Waals surface area contributed by atoms with Gasteiger partial charge in [-0.15, -0.1) is 0 Å². The van der Waals surface area contributed by atoms with Crippen molar-refractivity contribution in [3.8, 4) is 11.5 Å². The number of aliphatic carboxylic acids is 1. The van der Waals surface area contributed by atoms with Crippen molar-refractivity contribution in [1.29, 1.82) is 0 Å². The lowest BCUT2D eigenvalue weighted by Crippen LogP contribution is -2.40. The highest BCUT2D eigenvalue weighted by Crippen LogP contribution is 2.25. The zero-order chi connectivity index (χ0) is 17.8. The fourth-order valence-electron chi connectivity index (χ4n) is 2.79. The van der Waals surface area contributed by atoms with Crippen LogP contribution in [0.2, 0.25) is 0 Å². The number of hydrogen-bond donors (Lipinski definition) is 1. The minimum Gasteiger partial charge on any atom is -0.480 e. The second-order valence-electron chi connectivity index (χ2n) is 5.70. The van der Waals surface area contributed by atoms with Crippen LogP contribution >= 0.6 is 0 Å². The average molecular weight is 342 g/mol. The summed E-state index contributed by atoms with van der Waals surface area (Å²) in [6.45, 7) is 0.220. The number of benzene rings is 1. The molecule has 2 heterocycles. The molecule has 1 fully saturated rings. The first-order valence-electron chi connectivity index (χ1n) is 7.84. The molecule has 1 aliphatic heterocycles. The molecular formula is C18H18N2O5. The highest BCUT2D eigenvalue weighted by Gasteiger charge is 2.40. The third-order valence-corrected chi connectivity index (χ3v) is 4.07. The molecule has 2 unspecified atom stereocenters. The number of carbonyl (C=O) groups is 2. The Kier molecular flexibility index (Phi) is 4.95. The Bertz CT molecular complexity index is 765. The Labute approximate surface area is 144 Å². The SMILES string of the molecule is COC1CC(C(=O)O)N(C(=O)c2cc(Oc3ccccc3)ccn2)C1. The van der Waals surface area contributed by atoms with Gasteiger partial charge in [0, 0.05) is 32.3 Å². The van der Waals surface area contributed by atoms with Crippen molar-refractivity contribution in [2.75, 3.05) is 13.7 Å². The zero-order valence-electron chi connectivity index (χ0n) is 13.7. The second kappa shape index (κ2) is 7.31. The highest BCUT2D eigenvalue weighted by atomic mass is 16.5. The molecule has 1 saturated heterocycles. The molecule has 3 rings (SSSR count). The summed E-state index contributed by atoms with van der Waals surface area (Å²) in [5.74, 6) is -0.412. The molecular weight excluding hydrogens is 324 g/mol. The summed E-state index contributed by atoms with van der Waals surface area (Å²) in [7, 11) is 1.50.